The fourth-order valence-electron chi connectivity index (χ4n) is 2.12. The summed E-state index contributed by atoms with van der Waals surface area (Å²) in [6, 6.07) is 4.31. The number of hydrogen-bond acceptors (Lipinski definition) is 2. The molecule has 1 aromatic carbocycles. The zero-order valence-corrected chi connectivity index (χ0v) is 11.9. The van der Waals surface area contributed by atoms with Crippen LogP contribution < -0.4 is 5.32 Å². The molecule has 3 heteroatoms. The van der Waals surface area contributed by atoms with E-state index in [9.17, 15) is 9.90 Å². The van der Waals surface area contributed by atoms with Gasteiger partial charge in [-0.05, 0) is 57.7 Å². The van der Waals surface area contributed by atoms with Gasteiger partial charge in [0.15, 0.2) is 0 Å². The first kappa shape index (κ1) is 14.7. The van der Waals surface area contributed by atoms with Crippen LogP contribution in [-0.2, 0) is 11.2 Å². The monoisotopic (exact) mass is 249 g/mol. The Bertz CT molecular complexity index is 421. The number of hydrogen-bond donors (Lipinski definition) is 2. The Hall–Kier alpha value is -1.35. The molecule has 0 heterocycles. The predicted octanol–water partition coefficient (Wildman–Crippen LogP) is 2.04. The molecule has 0 radical (unpaired) electrons. The van der Waals surface area contributed by atoms with Crippen LogP contribution in [0.4, 0.5) is 0 Å². The number of nitrogens with one attached hydrogen (secondary N) is 1. The van der Waals surface area contributed by atoms with Crippen molar-refractivity contribution < 1.29 is 9.90 Å². The molecule has 0 saturated heterocycles. The van der Waals surface area contributed by atoms with Crippen LogP contribution in [-0.4, -0.2) is 23.2 Å². The lowest BCUT2D eigenvalue weighted by Crippen LogP contribution is -2.42. The van der Waals surface area contributed by atoms with E-state index in [0.29, 0.717) is 6.54 Å². The molecule has 1 amide bonds. The molecule has 0 unspecified atom stereocenters. The molecule has 3 nitrogen and oxygen atoms in total. The largest absolute Gasteiger partial charge is 0.381 e. The molecule has 0 atom stereocenters. The molecular formula is C15H23NO2. The van der Waals surface area contributed by atoms with Gasteiger partial charge in [0, 0.05) is 6.54 Å². The van der Waals surface area contributed by atoms with Gasteiger partial charge in [-0.2, -0.15) is 0 Å². The van der Waals surface area contributed by atoms with Crippen molar-refractivity contribution in [3.05, 3.63) is 34.4 Å². The first-order valence-electron chi connectivity index (χ1n) is 6.29. The molecule has 18 heavy (non-hydrogen) atoms. The Morgan fingerprint density at radius 2 is 1.72 bits per heavy atom. The van der Waals surface area contributed by atoms with Crippen molar-refractivity contribution in [1.82, 2.24) is 5.32 Å². The second-order valence-electron chi connectivity index (χ2n) is 5.44. The van der Waals surface area contributed by atoms with Gasteiger partial charge in [0.1, 0.15) is 5.60 Å². The van der Waals surface area contributed by atoms with Crippen molar-refractivity contribution in [2.75, 3.05) is 6.54 Å². The third-order valence-corrected chi connectivity index (χ3v) is 3.06. The average Bonchev–Trinajstić information content (AvgIpc) is 2.19. The third-order valence-electron chi connectivity index (χ3n) is 3.06. The van der Waals surface area contributed by atoms with Crippen LogP contribution in [0.1, 0.15) is 36.1 Å². The molecule has 0 aromatic heterocycles. The molecule has 0 spiro atoms. The van der Waals surface area contributed by atoms with Crippen molar-refractivity contribution in [3.8, 4) is 0 Å². The summed E-state index contributed by atoms with van der Waals surface area (Å²) in [6.45, 7) is 9.79. The number of carbonyl (C=O) groups is 1. The Labute approximate surface area is 109 Å². The first-order valence-corrected chi connectivity index (χ1v) is 6.29. The zero-order chi connectivity index (χ0) is 13.9. The van der Waals surface area contributed by atoms with Crippen LogP contribution in [0, 0.1) is 20.8 Å². The van der Waals surface area contributed by atoms with Crippen LogP contribution in [0.2, 0.25) is 0 Å². The summed E-state index contributed by atoms with van der Waals surface area (Å²) in [7, 11) is 0. The van der Waals surface area contributed by atoms with Crippen LogP contribution in [0.25, 0.3) is 0 Å². The van der Waals surface area contributed by atoms with Gasteiger partial charge in [-0.15, -0.1) is 0 Å². The van der Waals surface area contributed by atoms with Gasteiger partial charge in [-0.3, -0.25) is 4.79 Å². The van der Waals surface area contributed by atoms with E-state index in [-0.39, 0.29) is 5.91 Å². The van der Waals surface area contributed by atoms with Gasteiger partial charge < -0.3 is 10.4 Å². The van der Waals surface area contributed by atoms with E-state index in [1.807, 2.05) is 0 Å². The number of aliphatic hydroxyl groups is 1. The summed E-state index contributed by atoms with van der Waals surface area (Å²) in [4.78, 5) is 11.5. The van der Waals surface area contributed by atoms with Crippen LogP contribution in [0.3, 0.4) is 0 Å². The van der Waals surface area contributed by atoms with Crippen molar-refractivity contribution in [3.63, 3.8) is 0 Å². The van der Waals surface area contributed by atoms with Crippen molar-refractivity contribution >= 4 is 5.91 Å². The number of carbonyl (C=O) groups excluding carboxylic acids is 1. The molecule has 0 saturated carbocycles. The van der Waals surface area contributed by atoms with Crippen LogP contribution in [0.15, 0.2) is 12.1 Å². The topological polar surface area (TPSA) is 49.3 Å². The minimum absolute atomic E-state index is 0.329. The summed E-state index contributed by atoms with van der Waals surface area (Å²) >= 11 is 0. The number of aryl methyl sites for hydroxylation is 3. The van der Waals surface area contributed by atoms with Gasteiger partial charge in [0.2, 0.25) is 0 Å². The van der Waals surface area contributed by atoms with Gasteiger partial charge in [0.05, 0.1) is 0 Å². The maximum atomic E-state index is 11.5. The predicted molar refractivity (Wildman–Crippen MR) is 73.7 cm³/mol. The lowest BCUT2D eigenvalue weighted by Gasteiger charge is -2.17. The van der Waals surface area contributed by atoms with Gasteiger partial charge >= 0.3 is 0 Å². The molecule has 0 aliphatic heterocycles. The highest BCUT2D eigenvalue weighted by Crippen LogP contribution is 2.16. The van der Waals surface area contributed by atoms with Crippen molar-refractivity contribution in [2.45, 2.75) is 46.6 Å². The second kappa shape index (κ2) is 5.53. The number of rotatable bonds is 4. The highest BCUT2D eigenvalue weighted by molar-refractivity contribution is 5.83. The third kappa shape index (κ3) is 3.84. The fraction of sp³-hybridized carbons (Fsp3) is 0.533. The zero-order valence-electron chi connectivity index (χ0n) is 11.9. The van der Waals surface area contributed by atoms with Gasteiger partial charge in [-0.25, -0.2) is 0 Å². The van der Waals surface area contributed by atoms with E-state index in [4.69, 9.17) is 0 Å². The fourth-order valence-corrected chi connectivity index (χ4v) is 2.12. The molecule has 0 aliphatic carbocycles. The van der Waals surface area contributed by atoms with E-state index in [1.54, 1.807) is 0 Å². The van der Waals surface area contributed by atoms with Gasteiger partial charge in [-0.1, -0.05) is 17.7 Å². The molecule has 0 aliphatic rings. The van der Waals surface area contributed by atoms with E-state index < -0.39 is 5.60 Å². The Morgan fingerprint density at radius 1 is 1.22 bits per heavy atom. The summed E-state index contributed by atoms with van der Waals surface area (Å²) in [5, 5.41) is 12.3. The summed E-state index contributed by atoms with van der Waals surface area (Å²) in [5.41, 5.74) is 3.73. The summed E-state index contributed by atoms with van der Waals surface area (Å²) in [6.07, 6.45) is 0.791. The number of benzene rings is 1. The minimum atomic E-state index is -1.31. The van der Waals surface area contributed by atoms with E-state index in [2.05, 4.69) is 38.2 Å². The second-order valence-corrected chi connectivity index (χ2v) is 5.44. The van der Waals surface area contributed by atoms with Crippen LogP contribution in [0.5, 0.6) is 0 Å². The molecule has 0 bridgehead atoms. The van der Waals surface area contributed by atoms with E-state index in [0.717, 1.165) is 6.42 Å². The first-order chi connectivity index (χ1) is 8.21. The highest BCUT2D eigenvalue weighted by Gasteiger charge is 2.22. The Balaban J connectivity index is 2.63. The summed E-state index contributed by atoms with van der Waals surface area (Å²) < 4.78 is 0. The molecular weight excluding hydrogens is 226 g/mol. The minimum Gasteiger partial charge on any atom is -0.381 e. The normalized spacial score (nSPS) is 11.4. The van der Waals surface area contributed by atoms with E-state index in [1.165, 1.54) is 36.1 Å². The number of amides is 1. The van der Waals surface area contributed by atoms with Gasteiger partial charge in [0.25, 0.3) is 5.91 Å². The van der Waals surface area contributed by atoms with Crippen molar-refractivity contribution in [2.24, 2.45) is 0 Å². The SMILES string of the molecule is Cc1cc(C)c(CCNC(=O)C(C)(C)O)c(C)c1. The Morgan fingerprint density at radius 3 is 2.17 bits per heavy atom. The molecule has 1 rings (SSSR count). The summed E-state index contributed by atoms with van der Waals surface area (Å²) in [5.74, 6) is -0.329. The lowest BCUT2D eigenvalue weighted by atomic mass is 9.97. The smallest absolute Gasteiger partial charge is 0.251 e. The quantitative estimate of drug-likeness (QED) is 0.858. The molecule has 1 aromatic rings. The maximum Gasteiger partial charge on any atom is 0.251 e. The van der Waals surface area contributed by atoms with Crippen LogP contribution >= 0.6 is 0 Å². The molecule has 0 fully saturated rings. The Kier molecular flexibility index (Phi) is 4.52. The van der Waals surface area contributed by atoms with Crippen molar-refractivity contribution in [1.29, 1.82) is 0 Å². The molecule has 2 N–H and O–H groups in total. The van der Waals surface area contributed by atoms with E-state index >= 15 is 0 Å². The molecule has 100 valence electrons. The average molecular weight is 249 g/mol. The maximum absolute atomic E-state index is 11.5. The lowest BCUT2D eigenvalue weighted by molar-refractivity contribution is -0.136. The highest BCUT2D eigenvalue weighted by atomic mass is 16.3. The standard InChI is InChI=1S/C15H23NO2/c1-10-8-11(2)13(12(3)9-10)6-7-16-14(17)15(4,5)18/h8-9,18H,6-7H2,1-5H3,(H,16,17).